The highest BCUT2D eigenvalue weighted by atomic mass is 32.2. The number of sulfonamides is 1. The second kappa shape index (κ2) is 6.47. The van der Waals surface area contributed by atoms with E-state index in [9.17, 15) is 13.5 Å². The van der Waals surface area contributed by atoms with Crippen molar-refractivity contribution in [3.8, 4) is 0 Å². The molecule has 1 aliphatic rings. The van der Waals surface area contributed by atoms with E-state index < -0.39 is 21.4 Å². The predicted molar refractivity (Wildman–Crippen MR) is 72.2 cm³/mol. The number of aliphatic hydroxyl groups excluding tert-OH is 1. The van der Waals surface area contributed by atoms with Gasteiger partial charge >= 0.3 is 0 Å². The van der Waals surface area contributed by atoms with E-state index in [1.807, 2.05) is 18.2 Å². The quantitative estimate of drug-likeness (QED) is 0.840. The monoisotopic (exact) mass is 285 g/mol. The average molecular weight is 285 g/mol. The van der Waals surface area contributed by atoms with Crippen LogP contribution in [0.3, 0.4) is 0 Å². The van der Waals surface area contributed by atoms with Crippen LogP contribution in [0.4, 0.5) is 0 Å². The van der Waals surface area contributed by atoms with E-state index in [1.165, 1.54) is 0 Å². The Balaban J connectivity index is 1.90. The summed E-state index contributed by atoms with van der Waals surface area (Å²) in [7, 11) is -3.38. The molecule has 1 aromatic rings. The summed E-state index contributed by atoms with van der Waals surface area (Å²) in [6, 6.07) is 9.01. The molecule has 1 atom stereocenters. The number of aliphatic hydroxyl groups is 1. The first-order chi connectivity index (χ1) is 9.09. The summed E-state index contributed by atoms with van der Waals surface area (Å²) >= 11 is 0. The minimum absolute atomic E-state index is 0.00367. The molecule has 2 rings (SSSR count). The number of benzene rings is 1. The summed E-state index contributed by atoms with van der Waals surface area (Å²) in [5, 5.41) is 9.52. The van der Waals surface area contributed by atoms with E-state index >= 15 is 0 Å². The number of rotatable bonds is 5. The number of nitrogens with one attached hydrogen (secondary N) is 1. The molecule has 19 heavy (non-hydrogen) atoms. The summed E-state index contributed by atoms with van der Waals surface area (Å²) in [5.41, 5.74) is 0.706. The van der Waals surface area contributed by atoms with Crippen molar-refractivity contribution >= 4 is 10.0 Å². The molecule has 6 heteroatoms. The Morgan fingerprint density at radius 2 is 1.89 bits per heavy atom. The number of hydrogen-bond acceptors (Lipinski definition) is 4. The molecule has 1 saturated heterocycles. The van der Waals surface area contributed by atoms with E-state index in [0.29, 0.717) is 31.6 Å². The zero-order chi connectivity index (χ0) is 13.7. The van der Waals surface area contributed by atoms with Gasteiger partial charge in [0.15, 0.2) is 0 Å². The lowest BCUT2D eigenvalue weighted by molar-refractivity contribution is 0.0980. The summed E-state index contributed by atoms with van der Waals surface area (Å²) in [4.78, 5) is 0. The van der Waals surface area contributed by atoms with E-state index in [0.717, 1.165) is 0 Å². The van der Waals surface area contributed by atoms with Crippen molar-refractivity contribution < 1.29 is 18.3 Å². The molecule has 2 N–H and O–H groups in total. The highest BCUT2D eigenvalue weighted by Crippen LogP contribution is 2.16. The molecule has 1 unspecified atom stereocenters. The fourth-order valence-corrected chi connectivity index (χ4v) is 3.53. The van der Waals surface area contributed by atoms with Gasteiger partial charge in [-0.05, 0) is 18.4 Å². The van der Waals surface area contributed by atoms with Crippen LogP contribution in [0, 0.1) is 0 Å². The minimum atomic E-state index is -3.38. The molecule has 0 radical (unpaired) electrons. The smallest absolute Gasteiger partial charge is 0.214 e. The molecular weight excluding hydrogens is 266 g/mol. The summed E-state index contributed by atoms with van der Waals surface area (Å²) in [6.07, 6.45) is 0.198. The maximum Gasteiger partial charge on any atom is 0.214 e. The predicted octanol–water partition coefficient (Wildman–Crippen LogP) is 0.818. The Labute approximate surface area is 113 Å². The maximum atomic E-state index is 12.0. The van der Waals surface area contributed by atoms with Crippen molar-refractivity contribution in [2.24, 2.45) is 0 Å². The molecule has 5 nitrogen and oxygen atoms in total. The molecule has 1 aliphatic heterocycles. The second-order valence-corrected chi connectivity index (χ2v) is 6.68. The molecule has 106 valence electrons. The average Bonchev–Trinajstić information content (AvgIpc) is 2.47. The van der Waals surface area contributed by atoms with Crippen molar-refractivity contribution in [3.63, 3.8) is 0 Å². The van der Waals surface area contributed by atoms with E-state index in [-0.39, 0.29) is 6.54 Å². The van der Waals surface area contributed by atoms with Gasteiger partial charge in [0.05, 0.1) is 11.4 Å². The van der Waals surface area contributed by atoms with Crippen molar-refractivity contribution in [2.75, 3.05) is 19.8 Å². The number of hydrogen-bond donors (Lipinski definition) is 2. The zero-order valence-electron chi connectivity index (χ0n) is 10.7. The molecule has 0 amide bonds. The molecule has 0 bridgehead atoms. The summed E-state index contributed by atoms with van der Waals surface area (Å²) in [5.74, 6) is 0. The maximum absolute atomic E-state index is 12.0. The normalized spacial score (nSPS) is 19.2. The van der Waals surface area contributed by atoms with Gasteiger partial charge in [0, 0.05) is 19.8 Å². The zero-order valence-corrected chi connectivity index (χ0v) is 11.5. The van der Waals surface area contributed by atoms with E-state index in [1.54, 1.807) is 12.1 Å². The molecule has 0 aromatic heterocycles. The van der Waals surface area contributed by atoms with Crippen molar-refractivity contribution in [2.45, 2.75) is 24.2 Å². The standard InChI is InChI=1S/C13H19NO4S/c15-13(11-4-2-1-3-5-11)10-14-19(16,17)12-6-8-18-9-7-12/h1-5,12-15H,6-10H2. The van der Waals surface area contributed by atoms with Gasteiger partial charge in [0.2, 0.25) is 10.0 Å². The highest BCUT2D eigenvalue weighted by molar-refractivity contribution is 7.90. The van der Waals surface area contributed by atoms with E-state index in [2.05, 4.69) is 4.72 Å². The van der Waals surface area contributed by atoms with Gasteiger partial charge in [0.25, 0.3) is 0 Å². The van der Waals surface area contributed by atoms with Crippen LogP contribution in [0.1, 0.15) is 24.5 Å². The van der Waals surface area contributed by atoms with Gasteiger partial charge < -0.3 is 9.84 Å². The lowest BCUT2D eigenvalue weighted by Crippen LogP contribution is -2.39. The first kappa shape index (κ1) is 14.5. The van der Waals surface area contributed by atoms with Gasteiger partial charge in [-0.15, -0.1) is 0 Å². The Bertz CT molecular complexity index is 483. The van der Waals surface area contributed by atoms with Crippen LogP contribution in [0.2, 0.25) is 0 Å². The van der Waals surface area contributed by atoms with Crippen LogP contribution >= 0.6 is 0 Å². The largest absolute Gasteiger partial charge is 0.387 e. The molecule has 0 spiro atoms. The van der Waals surface area contributed by atoms with Crippen molar-refractivity contribution in [1.29, 1.82) is 0 Å². The first-order valence-electron chi connectivity index (χ1n) is 6.39. The third-order valence-corrected chi connectivity index (χ3v) is 5.19. The Morgan fingerprint density at radius 1 is 1.26 bits per heavy atom. The fraction of sp³-hybridized carbons (Fsp3) is 0.538. The third-order valence-electron chi connectivity index (χ3n) is 3.27. The third kappa shape index (κ3) is 4.01. The fourth-order valence-electron chi connectivity index (χ4n) is 2.09. The second-order valence-electron chi connectivity index (χ2n) is 4.63. The van der Waals surface area contributed by atoms with Gasteiger partial charge in [0.1, 0.15) is 0 Å². The van der Waals surface area contributed by atoms with Crippen LogP contribution in [-0.4, -0.2) is 38.5 Å². The molecular formula is C13H19NO4S. The van der Waals surface area contributed by atoms with Crippen molar-refractivity contribution in [1.82, 2.24) is 4.72 Å². The van der Waals surface area contributed by atoms with E-state index in [4.69, 9.17) is 4.74 Å². The molecule has 1 heterocycles. The molecule has 0 aliphatic carbocycles. The lowest BCUT2D eigenvalue weighted by Gasteiger charge is -2.23. The van der Waals surface area contributed by atoms with Gasteiger partial charge in [-0.25, -0.2) is 13.1 Å². The van der Waals surface area contributed by atoms with Gasteiger partial charge in [-0.1, -0.05) is 30.3 Å². The number of ether oxygens (including phenoxy) is 1. The summed E-state index contributed by atoms with van der Waals surface area (Å²) < 4.78 is 31.7. The van der Waals surface area contributed by atoms with Crippen molar-refractivity contribution in [3.05, 3.63) is 35.9 Å². The van der Waals surface area contributed by atoms with Crippen LogP contribution in [0.5, 0.6) is 0 Å². The van der Waals surface area contributed by atoms with Gasteiger partial charge in [-0.3, -0.25) is 0 Å². The summed E-state index contributed by atoms with van der Waals surface area (Å²) in [6.45, 7) is 0.962. The SMILES string of the molecule is O=S(=O)(NCC(O)c1ccccc1)C1CCOCC1. The Hall–Kier alpha value is -0.950. The van der Waals surface area contributed by atoms with Crippen LogP contribution in [0.15, 0.2) is 30.3 Å². The Kier molecular flexibility index (Phi) is 4.93. The topological polar surface area (TPSA) is 75.6 Å². The lowest BCUT2D eigenvalue weighted by atomic mass is 10.1. The molecule has 0 saturated carbocycles. The minimum Gasteiger partial charge on any atom is -0.387 e. The molecule has 1 fully saturated rings. The Morgan fingerprint density at radius 3 is 2.53 bits per heavy atom. The first-order valence-corrected chi connectivity index (χ1v) is 7.93. The highest BCUT2D eigenvalue weighted by Gasteiger charge is 2.27. The van der Waals surface area contributed by atoms with Crippen LogP contribution < -0.4 is 4.72 Å². The van der Waals surface area contributed by atoms with Crippen LogP contribution in [0.25, 0.3) is 0 Å². The van der Waals surface area contributed by atoms with Gasteiger partial charge in [-0.2, -0.15) is 0 Å². The molecule has 1 aromatic carbocycles. The van der Waals surface area contributed by atoms with Crippen LogP contribution in [-0.2, 0) is 14.8 Å².